The van der Waals surface area contributed by atoms with Gasteiger partial charge in [-0.1, -0.05) is 6.92 Å². The third kappa shape index (κ3) is 4.85. The number of hydrogen-bond donors (Lipinski definition) is 1. The van der Waals surface area contributed by atoms with E-state index < -0.39 is 0 Å². The summed E-state index contributed by atoms with van der Waals surface area (Å²) in [7, 11) is 4.08. The molecular formula is C12H24N4O. The number of ether oxygens (including phenoxy) is 1. The highest BCUT2D eigenvalue weighted by molar-refractivity contribution is 5.04. The third-order valence-electron chi connectivity index (χ3n) is 2.72. The fourth-order valence-electron chi connectivity index (χ4n) is 1.55. The molecule has 0 saturated heterocycles. The van der Waals surface area contributed by atoms with Gasteiger partial charge in [-0.05, 0) is 20.5 Å². The van der Waals surface area contributed by atoms with Crippen LogP contribution < -0.4 is 5.73 Å². The Balaban J connectivity index is 2.29. The quantitative estimate of drug-likeness (QED) is 0.685. The molecule has 0 aliphatic heterocycles. The second-order valence-electron chi connectivity index (χ2n) is 4.44. The Labute approximate surface area is 104 Å². The third-order valence-corrected chi connectivity index (χ3v) is 2.72. The first-order chi connectivity index (χ1) is 8.15. The first-order valence-corrected chi connectivity index (χ1v) is 6.13. The van der Waals surface area contributed by atoms with Crippen molar-refractivity contribution < 1.29 is 4.74 Å². The topological polar surface area (TPSA) is 56.3 Å². The second kappa shape index (κ2) is 7.42. The van der Waals surface area contributed by atoms with Gasteiger partial charge in [0.25, 0.3) is 0 Å². The monoisotopic (exact) mass is 240 g/mol. The number of imidazole rings is 1. The van der Waals surface area contributed by atoms with Crippen molar-refractivity contribution in [2.75, 3.05) is 33.9 Å². The van der Waals surface area contributed by atoms with E-state index in [1.165, 1.54) is 0 Å². The van der Waals surface area contributed by atoms with Crippen LogP contribution in [0.2, 0.25) is 0 Å². The Bertz CT molecular complexity index is 311. The highest BCUT2D eigenvalue weighted by Crippen LogP contribution is 2.12. The van der Waals surface area contributed by atoms with Crippen LogP contribution in [0.3, 0.4) is 0 Å². The molecule has 0 amide bonds. The largest absolute Gasteiger partial charge is 0.378 e. The lowest BCUT2D eigenvalue weighted by Gasteiger charge is -2.14. The van der Waals surface area contributed by atoms with Crippen molar-refractivity contribution in [3.63, 3.8) is 0 Å². The minimum atomic E-state index is 0.0688. The number of likely N-dealkylation sites (N-methyl/N-ethyl adjacent to an activating group) is 1. The summed E-state index contributed by atoms with van der Waals surface area (Å²) in [6.45, 7) is 5.31. The van der Waals surface area contributed by atoms with Crippen molar-refractivity contribution in [3.05, 3.63) is 18.2 Å². The van der Waals surface area contributed by atoms with Crippen molar-refractivity contribution >= 4 is 0 Å². The molecule has 1 heterocycles. The first-order valence-electron chi connectivity index (χ1n) is 6.13. The Hall–Kier alpha value is -0.910. The zero-order valence-electron chi connectivity index (χ0n) is 11.1. The summed E-state index contributed by atoms with van der Waals surface area (Å²) in [6.07, 6.45) is 4.58. The van der Waals surface area contributed by atoms with E-state index >= 15 is 0 Å². The highest BCUT2D eigenvalue weighted by atomic mass is 16.5. The summed E-state index contributed by atoms with van der Waals surface area (Å²) in [5, 5.41) is 0. The summed E-state index contributed by atoms with van der Waals surface area (Å²) in [4.78, 5) is 6.24. The Morgan fingerprint density at radius 1 is 1.47 bits per heavy atom. The van der Waals surface area contributed by atoms with Crippen LogP contribution >= 0.6 is 0 Å². The van der Waals surface area contributed by atoms with Crippen LogP contribution in [-0.2, 0) is 11.3 Å². The normalized spacial score (nSPS) is 13.2. The number of hydrogen-bond acceptors (Lipinski definition) is 4. The van der Waals surface area contributed by atoms with E-state index in [9.17, 15) is 0 Å². The van der Waals surface area contributed by atoms with Gasteiger partial charge in [0.1, 0.15) is 0 Å². The van der Waals surface area contributed by atoms with Gasteiger partial charge in [-0.25, -0.2) is 4.98 Å². The molecule has 1 aromatic rings. The molecule has 0 spiro atoms. The summed E-state index contributed by atoms with van der Waals surface area (Å²) in [5.41, 5.74) is 7.09. The number of nitrogens with two attached hydrogens (primary N) is 1. The molecule has 0 bridgehead atoms. The minimum Gasteiger partial charge on any atom is -0.378 e. The molecule has 2 N–H and O–H groups in total. The van der Waals surface area contributed by atoms with E-state index in [-0.39, 0.29) is 6.04 Å². The molecule has 5 nitrogen and oxygen atoms in total. The van der Waals surface area contributed by atoms with Crippen molar-refractivity contribution in [1.82, 2.24) is 14.5 Å². The lowest BCUT2D eigenvalue weighted by Crippen LogP contribution is -2.20. The molecule has 0 fully saturated rings. The van der Waals surface area contributed by atoms with E-state index in [0.717, 1.165) is 31.8 Å². The van der Waals surface area contributed by atoms with Crippen LogP contribution in [0.4, 0.5) is 0 Å². The fraction of sp³-hybridized carbons (Fsp3) is 0.750. The number of rotatable bonds is 8. The van der Waals surface area contributed by atoms with Crippen molar-refractivity contribution in [1.29, 1.82) is 0 Å². The van der Waals surface area contributed by atoms with Crippen molar-refractivity contribution in [2.24, 2.45) is 5.73 Å². The molecule has 0 radical (unpaired) electrons. The molecule has 1 rings (SSSR count). The van der Waals surface area contributed by atoms with E-state index in [1.54, 1.807) is 0 Å². The van der Waals surface area contributed by atoms with Crippen molar-refractivity contribution in [2.45, 2.75) is 25.9 Å². The predicted molar refractivity (Wildman–Crippen MR) is 68.8 cm³/mol. The standard InChI is InChI=1S/C12H24N4O/c1-4-11(13)12-9-14-10-16(12)6-8-17-7-5-15(2)3/h9-11H,4-8,13H2,1-3H3/t11-/m1/s1. The van der Waals surface area contributed by atoms with Gasteiger partial charge in [0.15, 0.2) is 0 Å². The smallest absolute Gasteiger partial charge is 0.0949 e. The zero-order valence-corrected chi connectivity index (χ0v) is 11.1. The summed E-state index contributed by atoms with van der Waals surface area (Å²) >= 11 is 0. The molecule has 0 unspecified atom stereocenters. The molecule has 1 atom stereocenters. The molecule has 0 aromatic carbocycles. The van der Waals surface area contributed by atoms with Gasteiger partial charge >= 0.3 is 0 Å². The van der Waals surface area contributed by atoms with Gasteiger partial charge in [-0.3, -0.25) is 0 Å². The summed E-state index contributed by atoms with van der Waals surface area (Å²) in [5.74, 6) is 0. The van der Waals surface area contributed by atoms with Crippen LogP contribution in [0.25, 0.3) is 0 Å². The van der Waals surface area contributed by atoms with Crippen molar-refractivity contribution in [3.8, 4) is 0 Å². The Kier molecular flexibility index (Phi) is 6.18. The zero-order chi connectivity index (χ0) is 12.7. The van der Waals surface area contributed by atoms with Crippen LogP contribution in [0, 0.1) is 0 Å². The van der Waals surface area contributed by atoms with Gasteiger partial charge in [-0.15, -0.1) is 0 Å². The molecule has 17 heavy (non-hydrogen) atoms. The van der Waals surface area contributed by atoms with Gasteiger partial charge in [0.05, 0.1) is 25.2 Å². The highest BCUT2D eigenvalue weighted by Gasteiger charge is 2.08. The molecule has 98 valence electrons. The molecular weight excluding hydrogens is 216 g/mol. The van der Waals surface area contributed by atoms with E-state index in [2.05, 4.69) is 21.4 Å². The molecule has 5 heteroatoms. The lowest BCUT2D eigenvalue weighted by molar-refractivity contribution is 0.110. The van der Waals surface area contributed by atoms with Gasteiger partial charge in [0, 0.05) is 25.3 Å². The van der Waals surface area contributed by atoms with E-state index in [1.807, 2.05) is 26.6 Å². The van der Waals surface area contributed by atoms with Gasteiger partial charge < -0.3 is 19.9 Å². The Morgan fingerprint density at radius 2 is 2.24 bits per heavy atom. The van der Waals surface area contributed by atoms with E-state index in [4.69, 9.17) is 10.5 Å². The lowest BCUT2D eigenvalue weighted by atomic mass is 10.2. The number of nitrogens with zero attached hydrogens (tertiary/aromatic N) is 3. The minimum absolute atomic E-state index is 0.0688. The molecule has 0 aliphatic carbocycles. The van der Waals surface area contributed by atoms with Crippen LogP contribution in [0.15, 0.2) is 12.5 Å². The fourth-order valence-corrected chi connectivity index (χ4v) is 1.55. The first kappa shape index (κ1) is 14.2. The Morgan fingerprint density at radius 3 is 2.88 bits per heavy atom. The van der Waals surface area contributed by atoms with Crippen LogP contribution in [0.5, 0.6) is 0 Å². The second-order valence-corrected chi connectivity index (χ2v) is 4.44. The molecule has 0 aliphatic rings. The molecule has 0 saturated carbocycles. The van der Waals surface area contributed by atoms with Crippen LogP contribution in [0.1, 0.15) is 25.1 Å². The maximum atomic E-state index is 6.00. The molecule has 1 aromatic heterocycles. The van der Waals surface area contributed by atoms with E-state index in [0.29, 0.717) is 6.61 Å². The SMILES string of the molecule is CC[C@@H](N)c1cncn1CCOCCN(C)C. The maximum absolute atomic E-state index is 6.00. The van der Waals surface area contributed by atoms with Gasteiger partial charge in [-0.2, -0.15) is 0 Å². The predicted octanol–water partition coefficient (Wildman–Crippen LogP) is 0.871. The average molecular weight is 240 g/mol. The van der Waals surface area contributed by atoms with Gasteiger partial charge in [0.2, 0.25) is 0 Å². The van der Waals surface area contributed by atoms with Crippen LogP contribution in [-0.4, -0.2) is 48.3 Å². The summed E-state index contributed by atoms with van der Waals surface area (Å²) in [6, 6.07) is 0.0688. The maximum Gasteiger partial charge on any atom is 0.0949 e. The average Bonchev–Trinajstić information content (AvgIpc) is 2.75. The summed E-state index contributed by atoms with van der Waals surface area (Å²) < 4.78 is 7.63. The number of aromatic nitrogens is 2.